The van der Waals surface area contributed by atoms with Crippen molar-refractivity contribution in [1.29, 1.82) is 0 Å². The quantitative estimate of drug-likeness (QED) is 0.612. The first-order valence-electron chi connectivity index (χ1n) is 7.89. The van der Waals surface area contributed by atoms with Gasteiger partial charge in [-0.25, -0.2) is 0 Å². The molecule has 11 heteroatoms. The van der Waals surface area contributed by atoms with E-state index < -0.39 is 22.7 Å². The molecule has 6 nitrogen and oxygen atoms in total. The molecule has 1 aromatic heterocycles. The molecule has 0 fully saturated rings. The maximum absolute atomic E-state index is 12.9. The fraction of sp³-hybridized carbons (Fsp3) is 0.176. The lowest BCUT2D eigenvalue weighted by Gasteiger charge is -2.11. The van der Waals surface area contributed by atoms with E-state index in [0.29, 0.717) is 5.16 Å². The van der Waals surface area contributed by atoms with Gasteiger partial charge in [-0.15, -0.1) is 5.10 Å². The van der Waals surface area contributed by atoms with Crippen LogP contribution in [0.2, 0.25) is 5.02 Å². The van der Waals surface area contributed by atoms with Crippen molar-refractivity contribution in [2.24, 2.45) is 0 Å². The fourth-order valence-corrected chi connectivity index (χ4v) is 3.25. The SMILES string of the molecule is Cc1cccc(-n2nnnc2SCC(=O)Nc2ccc(Cl)c(C(F)(F)F)c2)c1. The van der Waals surface area contributed by atoms with Crippen LogP contribution in [0.15, 0.2) is 47.6 Å². The van der Waals surface area contributed by atoms with Crippen LogP contribution in [-0.2, 0) is 11.0 Å². The molecule has 1 N–H and O–H groups in total. The number of anilines is 1. The first-order valence-corrected chi connectivity index (χ1v) is 9.25. The van der Waals surface area contributed by atoms with E-state index in [9.17, 15) is 18.0 Å². The third-order valence-corrected chi connectivity index (χ3v) is 4.82. The molecule has 3 rings (SSSR count). The highest BCUT2D eigenvalue weighted by atomic mass is 35.5. The Morgan fingerprint density at radius 1 is 1.25 bits per heavy atom. The van der Waals surface area contributed by atoms with Crippen molar-refractivity contribution in [3.63, 3.8) is 0 Å². The van der Waals surface area contributed by atoms with Crippen LogP contribution in [0.3, 0.4) is 0 Å². The average molecular weight is 428 g/mol. The minimum atomic E-state index is -4.61. The van der Waals surface area contributed by atoms with Crippen molar-refractivity contribution in [3.8, 4) is 5.69 Å². The summed E-state index contributed by atoms with van der Waals surface area (Å²) in [6, 6.07) is 10.7. The molecule has 0 aliphatic heterocycles. The second-order valence-electron chi connectivity index (χ2n) is 5.74. The normalized spacial score (nSPS) is 11.5. The Labute approximate surface area is 167 Å². The number of tetrazole rings is 1. The van der Waals surface area contributed by atoms with Crippen LogP contribution in [0.1, 0.15) is 11.1 Å². The van der Waals surface area contributed by atoms with Gasteiger partial charge in [0.25, 0.3) is 0 Å². The van der Waals surface area contributed by atoms with Crippen molar-refractivity contribution in [2.75, 3.05) is 11.1 Å². The number of hydrogen-bond acceptors (Lipinski definition) is 5. The molecule has 146 valence electrons. The van der Waals surface area contributed by atoms with Crippen LogP contribution in [0.4, 0.5) is 18.9 Å². The average Bonchev–Trinajstić information content (AvgIpc) is 3.09. The minimum Gasteiger partial charge on any atom is -0.325 e. The van der Waals surface area contributed by atoms with E-state index in [-0.39, 0.29) is 11.4 Å². The van der Waals surface area contributed by atoms with E-state index in [1.54, 1.807) is 0 Å². The molecule has 1 heterocycles. The number of carbonyl (C=O) groups excluding carboxylic acids is 1. The molecule has 0 spiro atoms. The van der Waals surface area contributed by atoms with E-state index in [1.165, 1.54) is 10.7 Å². The zero-order chi connectivity index (χ0) is 20.3. The van der Waals surface area contributed by atoms with Crippen LogP contribution in [-0.4, -0.2) is 31.9 Å². The molecule has 0 aliphatic carbocycles. The predicted octanol–water partition coefficient (Wildman–Crippen LogP) is 4.37. The number of amides is 1. The maximum atomic E-state index is 12.9. The highest BCUT2D eigenvalue weighted by molar-refractivity contribution is 7.99. The lowest BCUT2D eigenvalue weighted by Crippen LogP contribution is -2.15. The molecule has 28 heavy (non-hydrogen) atoms. The van der Waals surface area contributed by atoms with Gasteiger partial charge in [0.2, 0.25) is 11.1 Å². The van der Waals surface area contributed by atoms with Crippen LogP contribution in [0, 0.1) is 6.92 Å². The molecular weight excluding hydrogens is 415 g/mol. The van der Waals surface area contributed by atoms with Gasteiger partial charge in [0.15, 0.2) is 0 Å². The van der Waals surface area contributed by atoms with E-state index in [2.05, 4.69) is 20.8 Å². The molecule has 3 aromatic rings. The number of aromatic nitrogens is 4. The van der Waals surface area contributed by atoms with Crippen molar-refractivity contribution >= 4 is 35.0 Å². The van der Waals surface area contributed by atoms with Crippen LogP contribution >= 0.6 is 23.4 Å². The Morgan fingerprint density at radius 2 is 2.04 bits per heavy atom. The molecule has 0 unspecified atom stereocenters. The van der Waals surface area contributed by atoms with E-state index in [1.807, 2.05) is 31.2 Å². The summed E-state index contributed by atoms with van der Waals surface area (Å²) in [4.78, 5) is 12.1. The molecule has 0 bridgehead atoms. The summed E-state index contributed by atoms with van der Waals surface area (Å²) in [5.41, 5.74) is 0.744. The third kappa shape index (κ3) is 4.82. The highest BCUT2D eigenvalue weighted by Gasteiger charge is 2.33. The van der Waals surface area contributed by atoms with Crippen molar-refractivity contribution in [1.82, 2.24) is 20.2 Å². The van der Waals surface area contributed by atoms with Gasteiger partial charge in [-0.3, -0.25) is 4.79 Å². The summed E-state index contributed by atoms with van der Waals surface area (Å²) in [5, 5.41) is 13.8. The number of rotatable bonds is 5. The molecule has 0 saturated carbocycles. The Morgan fingerprint density at radius 3 is 2.75 bits per heavy atom. The summed E-state index contributed by atoms with van der Waals surface area (Å²) in [6.45, 7) is 1.93. The van der Waals surface area contributed by atoms with Gasteiger partial charge in [0.1, 0.15) is 0 Å². The molecule has 0 aliphatic rings. The minimum absolute atomic E-state index is 0.000556. The van der Waals surface area contributed by atoms with E-state index in [0.717, 1.165) is 35.1 Å². The third-order valence-electron chi connectivity index (χ3n) is 3.58. The largest absolute Gasteiger partial charge is 0.417 e. The van der Waals surface area contributed by atoms with Gasteiger partial charge >= 0.3 is 6.18 Å². The van der Waals surface area contributed by atoms with Crippen molar-refractivity contribution in [2.45, 2.75) is 18.3 Å². The molecular formula is C17H13ClF3N5OS. The smallest absolute Gasteiger partial charge is 0.325 e. The fourth-order valence-electron chi connectivity index (χ4n) is 2.34. The van der Waals surface area contributed by atoms with Gasteiger partial charge in [0.05, 0.1) is 22.0 Å². The monoisotopic (exact) mass is 427 g/mol. The van der Waals surface area contributed by atoms with Crippen LogP contribution in [0.25, 0.3) is 5.69 Å². The molecule has 0 atom stereocenters. The lowest BCUT2D eigenvalue weighted by molar-refractivity contribution is -0.137. The Kier molecular flexibility index (Phi) is 5.90. The number of nitrogens with one attached hydrogen (secondary N) is 1. The Balaban J connectivity index is 1.67. The second kappa shape index (κ2) is 8.19. The highest BCUT2D eigenvalue weighted by Crippen LogP contribution is 2.36. The lowest BCUT2D eigenvalue weighted by atomic mass is 10.2. The zero-order valence-electron chi connectivity index (χ0n) is 14.4. The van der Waals surface area contributed by atoms with E-state index in [4.69, 9.17) is 11.6 Å². The van der Waals surface area contributed by atoms with Gasteiger partial charge in [-0.05, 0) is 53.2 Å². The number of aryl methyl sites for hydroxylation is 1. The number of halogens is 4. The number of alkyl halides is 3. The number of nitrogens with zero attached hydrogens (tertiary/aromatic N) is 4. The molecule has 1 amide bonds. The number of thioether (sulfide) groups is 1. The van der Waals surface area contributed by atoms with Gasteiger partial charge < -0.3 is 5.32 Å². The van der Waals surface area contributed by atoms with Gasteiger partial charge in [-0.2, -0.15) is 17.9 Å². The standard InChI is InChI=1S/C17H13ClF3N5OS/c1-10-3-2-4-12(7-10)26-16(23-24-25-26)28-9-15(27)22-11-5-6-14(18)13(8-11)17(19,20)21/h2-8H,9H2,1H3,(H,22,27). The summed E-state index contributed by atoms with van der Waals surface area (Å²) in [5.74, 6) is -0.588. The van der Waals surface area contributed by atoms with Crippen LogP contribution < -0.4 is 5.32 Å². The second-order valence-corrected chi connectivity index (χ2v) is 7.09. The van der Waals surface area contributed by atoms with Crippen LogP contribution in [0.5, 0.6) is 0 Å². The van der Waals surface area contributed by atoms with Gasteiger partial charge in [0, 0.05) is 5.69 Å². The zero-order valence-corrected chi connectivity index (χ0v) is 15.9. The first-order chi connectivity index (χ1) is 13.2. The number of hydrogen-bond donors (Lipinski definition) is 1. The predicted molar refractivity (Wildman–Crippen MR) is 99.7 cm³/mol. The number of benzene rings is 2. The maximum Gasteiger partial charge on any atom is 0.417 e. The van der Waals surface area contributed by atoms with E-state index >= 15 is 0 Å². The van der Waals surface area contributed by atoms with Crippen molar-refractivity contribution < 1.29 is 18.0 Å². The summed E-state index contributed by atoms with van der Waals surface area (Å²) in [7, 11) is 0. The number of carbonyl (C=O) groups is 1. The molecule has 0 saturated heterocycles. The molecule has 2 aromatic carbocycles. The summed E-state index contributed by atoms with van der Waals surface area (Å²) in [6.07, 6.45) is -4.61. The molecule has 0 radical (unpaired) electrons. The summed E-state index contributed by atoms with van der Waals surface area (Å²) < 4.78 is 40.2. The topological polar surface area (TPSA) is 72.7 Å². The first kappa shape index (κ1) is 20.2. The Bertz CT molecular complexity index is 1010. The summed E-state index contributed by atoms with van der Waals surface area (Å²) >= 11 is 6.63. The van der Waals surface area contributed by atoms with Crippen molar-refractivity contribution in [3.05, 3.63) is 58.6 Å². The Hall–Kier alpha value is -2.59. The van der Waals surface area contributed by atoms with Gasteiger partial charge in [-0.1, -0.05) is 35.5 Å².